The molecule has 0 fully saturated rings. The average Bonchev–Trinajstić information content (AvgIpc) is 2.09. The maximum absolute atomic E-state index is 13.5. The van der Waals surface area contributed by atoms with Crippen molar-refractivity contribution in [3.05, 3.63) is 34.9 Å². The van der Waals surface area contributed by atoms with E-state index in [2.05, 4.69) is 0 Å². The molecule has 0 radical (unpaired) electrons. The van der Waals surface area contributed by atoms with Crippen LogP contribution in [0.15, 0.2) is 18.2 Å². The Morgan fingerprint density at radius 2 is 1.92 bits per heavy atom. The summed E-state index contributed by atoms with van der Waals surface area (Å²) in [6.07, 6.45) is 0.330. The zero-order valence-electron chi connectivity index (χ0n) is 8.10. The van der Waals surface area contributed by atoms with E-state index in [1.807, 2.05) is 19.9 Å². The molecule has 0 heterocycles. The molecule has 0 aliphatic heterocycles. The van der Waals surface area contributed by atoms with Crippen LogP contribution >= 0.6 is 0 Å². The molecule has 1 nitrogen and oxygen atoms in total. The molecule has 1 aromatic rings. The van der Waals surface area contributed by atoms with Crippen LogP contribution in [0.1, 0.15) is 23.6 Å². The Balaban J connectivity index is 3.18. The van der Waals surface area contributed by atoms with Crippen LogP contribution in [-0.4, -0.2) is 6.29 Å². The van der Waals surface area contributed by atoms with Gasteiger partial charge in [0.05, 0.1) is 0 Å². The molecule has 70 valence electrons. The highest BCUT2D eigenvalue weighted by Gasteiger charge is 2.24. The van der Waals surface area contributed by atoms with Crippen molar-refractivity contribution >= 4 is 6.29 Å². The van der Waals surface area contributed by atoms with E-state index in [-0.39, 0.29) is 0 Å². The Kier molecular flexibility index (Phi) is 2.50. The summed E-state index contributed by atoms with van der Waals surface area (Å²) in [4.78, 5) is 10.4. The Hall–Kier alpha value is -1.18. The molecule has 0 bridgehead atoms. The van der Waals surface area contributed by atoms with Crippen LogP contribution in [0, 0.1) is 13.8 Å². The number of carbonyl (C=O) groups excluding carboxylic acids is 1. The van der Waals surface area contributed by atoms with Gasteiger partial charge in [0, 0.05) is 0 Å². The number of carbonyl (C=O) groups is 1. The molecule has 1 atom stereocenters. The highest BCUT2D eigenvalue weighted by atomic mass is 19.1. The standard InChI is InChI=1S/C11H13FO/c1-8-4-5-10(6-9(8)2)11(3,12)7-13/h4-7H,1-3H3. The van der Waals surface area contributed by atoms with Gasteiger partial charge in [-0.2, -0.15) is 0 Å². The van der Waals surface area contributed by atoms with Gasteiger partial charge in [0.1, 0.15) is 0 Å². The van der Waals surface area contributed by atoms with Crippen LogP contribution in [0.3, 0.4) is 0 Å². The van der Waals surface area contributed by atoms with Crippen molar-refractivity contribution in [2.24, 2.45) is 0 Å². The van der Waals surface area contributed by atoms with Crippen LogP contribution in [0.25, 0.3) is 0 Å². The van der Waals surface area contributed by atoms with E-state index in [1.54, 1.807) is 12.1 Å². The molecular formula is C11H13FO. The molecule has 0 N–H and O–H groups in total. The molecule has 2 heteroatoms. The van der Waals surface area contributed by atoms with E-state index in [4.69, 9.17) is 0 Å². The quantitative estimate of drug-likeness (QED) is 0.639. The zero-order valence-corrected chi connectivity index (χ0v) is 8.10. The molecule has 0 saturated heterocycles. The number of aldehydes is 1. The molecule has 1 aromatic carbocycles. The second-order valence-corrected chi connectivity index (χ2v) is 3.49. The molecule has 1 rings (SSSR count). The zero-order chi connectivity index (χ0) is 10.1. The number of alkyl halides is 1. The van der Waals surface area contributed by atoms with Crippen LogP contribution in [0.5, 0.6) is 0 Å². The highest BCUT2D eigenvalue weighted by Crippen LogP contribution is 2.24. The van der Waals surface area contributed by atoms with Crippen molar-refractivity contribution in [1.82, 2.24) is 0 Å². The van der Waals surface area contributed by atoms with Crippen molar-refractivity contribution < 1.29 is 9.18 Å². The summed E-state index contributed by atoms with van der Waals surface area (Å²) in [5, 5.41) is 0. The van der Waals surface area contributed by atoms with Gasteiger partial charge in [-0.15, -0.1) is 0 Å². The third-order valence-electron chi connectivity index (χ3n) is 2.29. The molecule has 0 aliphatic carbocycles. The first kappa shape index (κ1) is 9.90. The number of hydrogen-bond acceptors (Lipinski definition) is 1. The number of rotatable bonds is 2. The molecule has 0 spiro atoms. The van der Waals surface area contributed by atoms with Crippen molar-refractivity contribution in [1.29, 1.82) is 0 Å². The van der Waals surface area contributed by atoms with Crippen molar-refractivity contribution in [2.75, 3.05) is 0 Å². The van der Waals surface area contributed by atoms with Crippen LogP contribution in [-0.2, 0) is 10.5 Å². The summed E-state index contributed by atoms with van der Waals surface area (Å²) in [7, 11) is 0. The van der Waals surface area contributed by atoms with Gasteiger partial charge in [0.2, 0.25) is 0 Å². The third-order valence-corrected chi connectivity index (χ3v) is 2.29. The molecule has 0 aliphatic rings. The number of halogens is 1. The predicted octanol–water partition coefficient (Wildman–Crippen LogP) is 2.69. The van der Waals surface area contributed by atoms with E-state index in [1.165, 1.54) is 6.92 Å². The van der Waals surface area contributed by atoms with Gasteiger partial charge in [-0.05, 0) is 37.5 Å². The van der Waals surface area contributed by atoms with Gasteiger partial charge < -0.3 is 0 Å². The van der Waals surface area contributed by atoms with E-state index in [0.717, 1.165) is 11.1 Å². The van der Waals surface area contributed by atoms with Crippen molar-refractivity contribution in [3.8, 4) is 0 Å². The van der Waals surface area contributed by atoms with Crippen molar-refractivity contribution in [3.63, 3.8) is 0 Å². The van der Waals surface area contributed by atoms with Gasteiger partial charge >= 0.3 is 0 Å². The Morgan fingerprint density at radius 1 is 1.31 bits per heavy atom. The van der Waals surface area contributed by atoms with E-state index >= 15 is 0 Å². The second kappa shape index (κ2) is 3.29. The summed E-state index contributed by atoms with van der Waals surface area (Å²) in [5.41, 5.74) is 0.664. The number of benzene rings is 1. The minimum absolute atomic E-state index is 0.330. The summed E-state index contributed by atoms with van der Waals surface area (Å²) >= 11 is 0. The molecule has 0 amide bonds. The summed E-state index contributed by atoms with van der Waals surface area (Å²) in [6, 6.07) is 5.19. The monoisotopic (exact) mass is 180 g/mol. The normalized spacial score (nSPS) is 15.1. The van der Waals surface area contributed by atoms with E-state index in [9.17, 15) is 9.18 Å². The van der Waals surface area contributed by atoms with Gasteiger partial charge in [-0.3, -0.25) is 4.79 Å². The summed E-state index contributed by atoms with van der Waals surface area (Å²) in [5.74, 6) is 0. The smallest absolute Gasteiger partial charge is 0.187 e. The third kappa shape index (κ3) is 1.94. The average molecular weight is 180 g/mol. The topological polar surface area (TPSA) is 17.1 Å². The maximum atomic E-state index is 13.5. The minimum atomic E-state index is -1.86. The molecule has 0 saturated carbocycles. The first-order valence-corrected chi connectivity index (χ1v) is 4.20. The minimum Gasteiger partial charge on any atom is -0.299 e. The second-order valence-electron chi connectivity index (χ2n) is 3.49. The lowest BCUT2D eigenvalue weighted by molar-refractivity contribution is -0.117. The summed E-state index contributed by atoms with van der Waals surface area (Å²) < 4.78 is 13.5. The lowest BCUT2D eigenvalue weighted by atomic mass is 9.96. The largest absolute Gasteiger partial charge is 0.299 e. The summed E-state index contributed by atoms with van der Waals surface area (Å²) in [6.45, 7) is 5.12. The Morgan fingerprint density at radius 3 is 2.38 bits per heavy atom. The first-order valence-electron chi connectivity index (χ1n) is 4.20. The maximum Gasteiger partial charge on any atom is 0.187 e. The molecule has 1 unspecified atom stereocenters. The Labute approximate surface area is 77.6 Å². The van der Waals surface area contributed by atoms with E-state index in [0.29, 0.717) is 11.8 Å². The molecule has 0 aromatic heterocycles. The van der Waals surface area contributed by atoms with Crippen LogP contribution < -0.4 is 0 Å². The molecular weight excluding hydrogens is 167 g/mol. The van der Waals surface area contributed by atoms with Gasteiger partial charge in [0.15, 0.2) is 12.0 Å². The highest BCUT2D eigenvalue weighted by molar-refractivity contribution is 5.65. The fourth-order valence-electron chi connectivity index (χ4n) is 1.11. The van der Waals surface area contributed by atoms with Crippen LogP contribution in [0.2, 0.25) is 0 Å². The predicted molar refractivity (Wildman–Crippen MR) is 50.4 cm³/mol. The van der Waals surface area contributed by atoms with E-state index < -0.39 is 5.67 Å². The van der Waals surface area contributed by atoms with Crippen molar-refractivity contribution in [2.45, 2.75) is 26.4 Å². The Bertz CT molecular complexity index is 329. The fourth-order valence-corrected chi connectivity index (χ4v) is 1.11. The lowest BCUT2D eigenvalue weighted by Gasteiger charge is -2.14. The number of aryl methyl sites for hydroxylation is 2. The van der Waals surface area contributed by atoms with Gasteiger partial charge in [0.25, 0.3) is 0 Å². The SMILES string of the molecule is Cc1ccc(C(C)(F)C=O)cc1C. The van der Waals surface area contributed by atoms with Gasteiger partial charge in [-0.25, -0.2) is 4.39 Å². The van der Waals surface area contributed by atoms with Gasteiger partial charge in [-0.1, -0.05) is 18.2 Å². The van der Waals surface area contributed by atoms with Crippen LogP contribution in [0.4, 0.5) is 4.39 Å². The lowest BCUT2D eigenvalue weighted by Crippen LogP contribution is -2.16. The first-order chi connectivity index (χ1) is 5.97. The fraction of sp³-hybridized carbons (Fsp3) is 0.364. The number of hydrogen-bond donors (Lipinski definition) is 0. The molecule has 13 heavy (non-hydrogen) atoms.